The molecule has 0 spiro atoms. The minimum Gasteiger partial charge on any atom is -0.494 e. The zero-order valence-corrected chi connectivity index (χ0v) is 23.0. The number of rotatable bonds is 7. The summed E-state index contributed by atoms with van der Waals surface area (Å²) in [5.74, 6) is 0.719. The van der Waals surface area contributed by atoms with Crippen molar-refractivity contribution in [3.63, 3.8) is 0 Å². The van der Waals surface area contributed by atoms with Gasteiger partial charge in [0, 0.05) is 18.5 Å². The maximum atomic E-state index is 13.9. The van der Waals surface area contributed by atoms with E-state index in [9.17, 15) is 10.1 Å². The number of benzene rings is 3. The van der Waals surface area contributed by atoms with Crippen LogP contribution in [0.5, 0.6) is 5.75 Å². The summed E-state index contributed by atoms with van der Waals surface area (Å²) in [5, 5.41) is 14.2. The first-order valence-corrected chi connectivity index (χ1v) is 14.0. The van der Waals surface area contributed by atoms with Gasteiger partial charge in [-0.1, -0.05) is 42.1 Å². The average Bonchev–Trinajstić information content (AvgIpc) is 3.41. The first-order valence-electron chi connectivity index (χ1n) is 12.4. The van der Waals surface area contributed by atoms with E-state index in [0.717, 1.165) is 32.6 Å². The lowest BCUT2D eigenvalue weighted by Crippen LogP contribution is -2.29. The lowest BCUT2D eigenvalue weighted by Gasteiger charge is -2.17. The highest BCUT2D eigenvalue weighted by Crippen LogP contribution is 2.51. The van der Waals surface area contributed by atoms with Crippen LogP contribution in [0.15, 0.2) is 86.6 Å². The Morgan fingerprint density at radius 3 is 2.61 bits per heavy atom. The van der Waals surface area contributed by atoms with Gasteiger partial charge >= 0.3 is 0 Å². The van der Waals surface area contributed by atoms with E-state index in [2.05, 4.69) is 16.3 Å². The van der Waals surface area contributed by atoms with Gasteiger partial charge in [-0.15, -0.1) is 0 Å². The second-order valence-corrected chi connectivity index (χ2v) is 10.6. The number of ether oxygens (including phenoxy) is 1. The summed E-state index contributed by atoms with van der Waals surface area (Å²) in [4.78, 5) is 24.3. The van der Waals surface area contributed by atoms with Crippen molar-refractivity contribution < 1.29 is 9.53 Å². The Balaban J connectivity index is 1.57. The SMILES string of the molecule is CCNc1ccc(C#N)cc1N=C1SC(=C2Sc3cc(OCC)ccc3N2C)C(=O)N1Cc1ccccc1. The number of carbonyl (C=O) groups is 1. The third kappa shape index (κ3) is 5.10. The van der Waals surface area contributed by atoms with Crippen LogP contribution in [-0.4, -0.2) is 36.2 Å². The molecule has 1 saturated heterocycles. The van der Waals surface area contributed by atoms with Crippen molar-refractivity contribution in [2.75, 3.05) is 30.4 Å². The Kier molecular flexibility index (Phi) is 7.63. The van der Waals surface area contributed by atoms with Crippen molar-refractivity contribution in [1.29, 1.82) is 5.26 Å². The molecule has 9 heteroatoms. The second-order valence-electron chi connectivity index (χ2n) is 8.61. The van der Waals surface area contributed by atoms with E-state index >= 15 is 0 Å². The molecule has 2 aliphatic heterocycles. The van der Waals surface area contributed by atoms with Crippen LogP contribution >= 0.6 is 23.5 Å². The number of fused-ring (bicyclic) bond motifs is 1. The predicted molar refractivity (Wildman–Crippen MR) is 156 cm³/mol. The molecule has 38 heavy (non-hydrogen) atoms. The Bertz CT molecular complexity index is 1480. The van der Waals surface area contributed by atoms with Crippen LogP contribution in [0.1, 0.15) is 25.0 Å². The van der Waals surface area contributed by atoms with Gasteiger partial charge in [0.2, 0.25) is 0 Å². The number of aliphatic imine (C=N–C) groups is 1. The molecule has 0 unspecified atom stereocenters. The van der Waals surface area contributed by atoms with Gasteiger partial charge in [-0.25, -0.2) is 4.99 Å². The molecule has 3 aromatic carbocycles. The van der Waals surface area contributed by atoms with Crippen LogP contribution in [0.2, 0.25) is 0 Å². The fourth-order valence-electron chi connectivity index (χ4n) is 4.25. The van der Waals surface area contributed by atoms with Crippen molar-refractivity contribution in [2.24, 2.45) is 4.99 Å². The number of nitriles is 1. The van der Waals surface area contributed by atoms with Crippen LogP contribution in [0.25, 0.3) is 0 Å². The quantitative estimate of drug-likeness (QED) is 0.339. The van der Waals surface area contributed by atoms with Gasteiger partial charge in [-0.2, -0.15) is 5.26 Å². The van der Waals surface area contributed by atoms with Gasteiger partial charge < -0.3 is 15.0 Å². The number of hydrogen-bond donors (Lipinski definition) is 1. The molecule has 1 amide bonds. The maximum Gasteiger partial charge on any atom is 0.269 e. The van der Waals surface area contributed by atoms with E-state index in [0.29, 0.717) is 41.0 Å². The molecule has 192 valence electrons. The summed E-state index contributed by atoms with van der Waals surface area (Å²) in [6.45, 7) is 5.67. The average molecular weight is 542 g/mol. The number of hydrogen-bond acceptors (Lipinski definition) is 8. The van der Waals surface area contributed by atoms with Gasteiger partial charge in [0.25, 0.3) is 5.91 Å². The molecular weight excluding hydrogens is 514 g/mol. The largest absolute Gasteiger partial charge is 0.494 e. The highest BCUT2D eigenvalue weighted by molar-refractivity contribution is 8.19. The Hall–Kier alpha value is -3.87. The summed E-state index contributed by atoms with van der Waals surface area (Å²) in [6.07, 6.45) is 0. The third-order valence-electron chi connectivity index (χ3n) is 6.07. The van der Waals surface area contributed by atoms with Crippen LogP contribution in [0.4, 0.5) is 17.1 Å². The Morgan fingerprint density at radius 2 is 1.87 bits per heavy atom. The first-order chi connectivity index (χ1) is 18.5. The number of amides is 1. The molecular formula is C29H27N5O2S2. The summed E-state index contributed by atoms with van der Waals surface area (Å²) in [5.41, 5.74) is 4.00. The Morgan fingerprint density at radius 1 is 1.05 bits per heavy atom. The molecule has 2 heterocycles. The second kappa shape index (κ2) is 11.3. The van der Waals surface area contributed by atoms with E-state index < -0.39 is 0 Å². The number of thioether (sulfide) groups is 2. The molecule has 3 aromatic rings. The van der Waals surface area contributed by atoms with Crippen molar-refractivity contribution in [3.8, 4) is 11.8 Å². The van der Waals surface area contributed by atoms with Crippen LogP contribution < -0.4 is 15.0 Å². The van der Waals surface area contributed by atoms with Gasteiger partial charge in [0.05, 0.1) is 46.9 Å². The standard InChI is InChI=1S/C29H27N5O2S2/c1-4-31-22-13-11-20(17-30)15-23(22)32-29-34(18-19-9-7-6-8-10-19)27(35)26(38-29)28-33(3)24-14-12-21(36-5-2)16-25(24)37-28/h6-16,31H,4-5,18H2,1-3H3. The number of amidine groups is 1. The van der Waals surface area contributed by atoms with Crippen molar-refractivity contribution in [2.45, 2.75) is 25.3 Å². The van der Waals surface area contributed by atoms with Crippen LogP contribution in [0.3, 0.4) is 0 Å². The summed E-state index contributed by atoms with van der Waals surface area (Å²) < 4.78 is 5.69. The van der Waals surface area contributed by atoms with Gasteiger partial charge in [-0.05, 0) is 67.6 Å². The minimum atomic E-state index is -0.0915. The van der Waals surface area contributed by atoms with E-state index in [-0.39, 0.29) is 5.91 Å². The van der Waals surface area contributed by atoms with Crippen molar-refractivity contribution >= 4 is 51.7 Å². The lowest BCUT2D eigenvalue weighted by atomic mass is 10.2. The number of nitrogens with one attached hydrogen (secondary N) is 1. The molecule has 0 bridgehead atoms. The molecule has 7 nitrogen and oxygen atoms in total. The maximum absolute atomic E-state index is 13.9. The first kappa shape index (κ1) is 25.8. The number of carbonyl (C=O) groups excluding carboxylic acids is 1. The third-order valence-corrected chi connectivity index (χ3v) is 8.48. The van der Waals surface area contributed by atoms with Gasteiger partial charge in [-0.3, -0.25) is 9.69 Å². The minimum absolute atomic E-state index is 0.0915. The molecule has 1 N–H and O–H groups in total. The van der Waals surface area contributed by atoms with Gasteiger partial charge in [0.1, 0.15) is 10.7 Å². The fourth-order valence-corrected chi connectivity index (χ4v) is 6.61. The Labute approximate surface area is 231 Å². The molecule has 1 fully saturated rings. The normalized spacial score (nSPS) is 17.6. The topological polar surface area (TPSA) is 81.0 Å². The van der Waals surface area contributed by atoms with Crippen LogP contribution in [0, 0.1) is 11.3 Å². The van der Waals surface area contributed by atoms with E-state index in [1.54, 1.807) is 28.8 Å². The van der Waals surface area contributed by atoms with Gasteiger partial charge in [0.15, 0.2) is 5.17 Å². The van der Waals surface area contributed by atoms with Crippen LogP contribution in [-0.2, 0) is 11.3 Å². The van der Waals surface area contributed by atoms with Crippen molar-refractivity contribution in [3.05, 3.63) is 87.8 Å². The highest BCUT2D eigenvalue weighted by atomic mass is 32.2. The lowest BCUT2D eigenvalue weighted by molar-refractivity contribution is -0.122. The summed E-state index contributed by atoms with van der Waals surface area (Å²) in [6, 6.07) is 23.5. The molecule has 0 aromatic heterocycles. The highest BCUT2D eigenvalue weighted by Gasteiger charge is 2.39. The molecule has 5 rings (SSSR count). The van der Waals surface area contributed by atoms with E-state index in [1.807, 2.05) is 75.5 Å². The summed E-state index contributed by atoms with van der Waals surface area (Å²) in [7, 11) is 1.98. The number of anilines is 2. The smallest absolute Gasteiger partial charge is 0.269 e. The van der Waals surface area contributed by atoms with E-state index in [4.69, 9.17) is 9.73 Å². The molecule has 0 radical (unpaired) electrons. The molecule has 0 saturated carbocycles. The fraction of sp³-hybridized carbons (Fsp3) is 0.207. The molecule has 0 atom stereocenters. The molecule has 2 aliphatic rings. The van der Waals surface area contributed by atoms with E-state index in [1.165, 1.54) is 11.8 Å². The predicted octanol–water partition coefficient (Wildman–Crippen LogP) is 6.56. The number of nitrogens with zero attached hydrogens (tertiary/aromatic N) is 4. The molecule has 0 aliphatic carbocycles. The summed E-state index contributed by atoms with van der Waals surface area (Å²) >= 11 is 2.94. The zero-order valence-electron chi connectivity index (χ0n) is 21.4. The zero-order chi connectivity index (χ0) is 26.6. The monoisotopic (exact) mass is 541 g/mol. The van der Waals surface area contributed by atoms with Crippen molar-refractivity contribution in [1.82, 2.24) is 4.90 Å².